The average Bonchev–Trinajstić information content (AvgIpc) is 2.36. The smallest absolute Gasteiger partial charge is 0.0669 e. The van der Waals surface area contributed by atoms with E-state index in [4.69, 9.17) is 10.5 Å². The molecule has 2 aromatic carbocycles. The molecule has 0 aliphatic heterocycles. The summed E-state index contributed by atoms with van der Waals surface area (Å²) >= 11 is 0. The molecule has 0 saturated carbocycles. The summed E-state index contributed by atoms with van der Waals surface area (Å²) in [5.74, 6) is 0. The number of benzene rings is 2. The van der Waals surface area contributed by atoms with E-state index >= 15 is 0 Å². The van der Waals surface area contributed by atoms with Crippen LogP contribution in [0.4, 0.5) is 0 Å². The third-order valence-electron chi connectivity index (χ3n) is 3.05. The molecular formula is C15H12N2. The van der Waals surface area contributed by atoms with Crippen molar-refractivity contribution in [2.24, 2.45) is 0 Å². The summed E-state index contributed by atoms with van der Waals surface area (Å²) in [5, 5.41) is 19.9. The van der Waals surface area contributed by atoms with Gasteiger partial charge < -0.3 is 0 Å². The largest absolute Gasteiger partial charge is 0.198 e. The number of aryl methyl sites for hydroxylation is 1. The number of rotatable bonds is 2. The Hall–Kier alpha value is -2.32. The van der Waals surface area contributed by atoms with Crippen LogP contribution in [0.2, 0.25) is 0 Å². The Morgan fingerprint density at radius 2 is 1.53 bits per heavy atom. The highest BCUT2D eigenvalue weighted by molar-refractivity contribution is 5.89. The summed E-state index contributed by atoms with van der Waals surface area (Å²) in [6.07, 6.45) is 0.786. The molecule has 2 nitrogen and oxygen atoms in total. The van der Waals surface area contributed by atoms with Crippen LogP contribution < -0.4 is 0 Å². The van der Waals surface area contributed by atoms with Gasteiger partial charge >= 0.3 is 0 Å². The third-order valence-corrected chi connectivity index (χ3v) is 3.05. The molecule has 2 heteroatoms. The lowest BCUT2D eigenvalue weighted by Gasteiger charge is -2.10. The molecule has 0 saturated heterocycles. The van der Waals surface area contributed by atoms with Crippen LogP contribution in [0.1, 0.15) is 16.7 Å². The second-order valence-electron chi connectivity index (χ2n) is 4.04. The molecule has 0 bridgehead atoms. The molecule has 0 N–H and O–H groups in total. The predicted octanol–water partition coefficient (Wildman–Crippen LogP) is 3.28. The van der Waals surface area contributed by atoms with Gasteiger partial charge in [0.1, 0.15) is 0 Å². The highest BCUT2D eigenvalue weighted by atomic mass is 14.2. The standard InChI is InChI=1S/C15H12N2/c1-11-12(6-8-16)10-13(7-9-17)15-5-3-2-4-14(11)15/h2-5,10H,6-7H2,1H3. The number of fused-ring (bicyclic) bond motifs is 1. The van der Waals surface area contributed by atoms with E-state index in [0.29, 0.717) is 12.8 Å². The first-order chi connectivity index (χ1) is 8.27. The second kappa shape index (κ2) is 4.68. The monoisotopic (exact) mass is 220 g/mol. The van der Waals surface area contributed by atoms with Crippen molar-refractivity contribution in [1.82, 2.24) is 0 Å². The number of hydrogen-bond donors (Lipinski definition) is 0. The Kier molecular flexibility index (Phi) is 3.08. The number of hydrogen-bond acceptors (Lipinski definition) is 2. The van der Waals surface area contributed by atoms with Crippen LogP contribution in [0.15, 0.2) is 30.3 Å². The van der Waals surface area contributed by atoms with Gasteiger partial charge in [-0.05, 0) is 34.4 Å². The van der Waals surface area contributed by atoms with Crippen LogP contribution in [0.3, 0.4) is 0 Å². The average molecular weight is 220 g/mol. The summed E-state index contributed by atoms with van der Waals surface area (Å²) < 4.78 is 0. The van der Waals surface area contributed by atoms with E-state index in [1.165, 1.54) is 0 Å². The van der Waals surface area contributed by atoms with Gasteiger partial charge in [-0.2, -0.15) is 10.5 Å². The van der Waals surface area contributed by atoms with Crippen molar-refractivity contribution in [3.63, 3.8) is 0 Å². The summed E-state index contributed by atoms with van der Waals surface area (Å²) in [5.41, 5.74) is 3.18. The molecule has 0 aromatic heterocycles. The van der Waals surface area contributed by atoms with Crippen molar-refractivity contribution >= 4 is 10.8 Å². The lowest BCUT2D eigenvalue weighted by atomic mass is 9.93. The van der Waals surface area contributed by atoms with E-state index in [1.54, 1.807) is 0 Å². The second-order valence-corrected chi connectivity index (χ2v) is 4.04. The summed E-state index contributed by atoms with van der Waals surface area (Å²) in [4.78, 5) is 0. The minimum Gasteiger partial charge on any atom is -0.198 e. The lowest BCUT2D eigenvalue weighted by Crippen LogP contribution is -1.94. The first-order valence-electron chi connectivity index (χ1n) is 5.52. The van der Waals surface area contributed by atoms with Crippen LogP contribution >= 0.6 is 0 Å². The van der Waals surface area contributed by atoms with Crippen LogP contribution in [0, 0.1) is 29.6 Å². The molecule has 0 aliphatic rings. The van der Waals surface area contributed by atoms with E-state index in [0.717, 1.165) is 27.5 Å². The summed E-state index contributed by atoms with van der Waals surface area (Å²) in [7, 11) is 0. The minimum atomic E-state index is 0.388. The highest BCUT2D eigenvalue weighted by Gasteiger charge is 2.08. The van der Waals surface area contributed by atoms with Gasteiger partial charge in [-0.15, -0.1) is 0 Å². The molecule has 2 rings (SSSR count). The Balaban J connectivity index is 2.77. The molecule has 0 spiro atoms. The van der Waals surface area contributed by atoms with E-state index in [2.05, 4.69) is 12.1 Å². The van der Waals surface area contributed by atoms with E-state index in [1.807, 2.05) is 37.3 Å². The first-order valence-corrected chi connectivity index (χ1v) is 5.52. The van der Waals surface area contributed by atoms with Crippen LogP contribution in [0.5, 0.6) is 0 Å². The Labute approximate surface area is 101 Å². The molecule has 0 unspecified atom stereocenters. The molecule has 0 amide bonds. The van der Waals surface area contributed by atoms with Crippen molar-refractivity contribution in [2.45, 2.75) is 19.8 Å². The molecule has 0 radical (unpaired) electrons. The maximum atomic E-state index is 8.85. The maximum absolute atomic E-state index is 8.85. The Morgan fingerprint density at radius 3 is 2.18 bits per heavy atom. The van der Waals surface area contributed by atoms with E-state index in [9.17, 15) is 0 Å². The third kappa shape index (κ3) is 1.98. The fourth-order valence-corrected chi connectivity index (χ4v) is 2.16. The van der Waals surface area contributed by atoms with Crippen molar-refractivity contribution in [3.05, 3.63) is 47.0 Å². The van der Waals surface area contributed by atoms with E-state index < -0.39 is 0 Å². The zero-order valence-electron chi connectivity index (χ0n) is 9.70. The van der Waals surface area contributed by atoms with Gasteiger partial charge in [0, 0.05) is 0 Å². The fourth-order valence-electron chi connectivity index (χ4n) is 2.16. The van der Waals surface area contributed by atoms with Crippen molar-refractivity contribution in [2.75, 3.05) is 0 Å². The van der Waals surface area contributed by atoms with Gasteiger partial charge in [0.2, 0.25) is 0 Å². The normalized spacial score (nSPS) is 9.82. The summed E-state index contributed by atoms with van der Waals surface area (Å²) in [6.45, 7) is 2.03. The zero-order valence-corrected chi connectivity index (χ0v) is 9.70. The van der Waals surface area contributed by atoms with Gasteiger partial charge in [0.15, 0.2) is 0 Å². The van der Waals surface area contributed by atoms with Gasteiger partial charge in [-0.25, -0.2) is 0 Å². The van der Waals surface area contributed by atoms with Gasteiger partial charge in [-0.1, -0.05) is 30.3 Å². The molecule has 82 valence electrons. The minimum absolute atomic E-state index is 0.388. The van der Waals surface area contributed by atoms with Gasteiger partial charge in [-0.3, -0.25) is 0 Å². The maximum Gasteiger partial charge on any atom is 0.0669 e. The van der Waals surface area contributed by atoms with Gasteiger partial charge in [0.25, 0.3) is 0 Å². The van der Waals surface area contributed by atoms with Crippen LogP contribution in [-0.2, 0) is 12.8 Å². The summed E-state index contributed by atoms with van der Waals surface area (Å²) in [6, 6.07) is 14.4. The topological polar surface area (TPSA) is 47.6 Å². The molecular weight excluding hydrogens is 208 g/mol. The van der Waals surface area contributed by atoms with Crippen molar-refractivity contribution < 1.29 is 0 Å². The SMILES string of the molecule is Cc1c(CC#N)cc(CC#N)c2ccccc12. The Morgan fingerprint density at radius 1 is 0.941 bits per heavy atom. The van der Waals surface area contributed by atoms with Crippen molar-refractivity contribution in [3.8, 4) is 12.1 Å². The quantitative estimate of drug-likeness (QED) is 0.779. The van der Waals surface area contributed by atoms with Crippen LogP contribution in [0.25, 0.3) is 10.8 Å². The number of nitriles is 2. The predicted molar refractivity (Wildman–Crippen MR) is 67.3 cm³/mol. The van der Waals surface area contributed by atoms with Crippen molar-refractivity contribution in [1.29, 1.82) is 10.5 Å². The lowest BCUT2D eigenvalue weighted by molar-refractivity contribution is 1.19. The molecule has 0 heterocycles. The molecule has 2 aromatic rings. The molecule has 0 aliphatic carbocycles. The van der Waals surface area contributed by atoms with Crippen LogP contribution in [-0.4, -0.2) is 0 Å². The zero-order chi connectivity index (χ0) is 12.3. The number of nitrogens with zero attached hydrogens (tertiary/aromatic N) is 2. The Bertz CT molecular complexity index is 642. The first kappa shape index (κ1) is 11.2. The fraction of sp³-hybridized carbons (Fsp3) is 0.200. The van der Waals surface area contributed by atoms with E-state index in [-0.39, 0.29) is 0 Å². The molecule has 17 heavy (non-hydrogen) atoms. The molecule has 0 fully saturated rings. The highest BCUT2D eigenvalue weighted by Crippen LogP contribution is 2.26. The molecule has 0 atom stereocenters. The van der Waals surface area contributed by atoms with Gasteiger partial charge in [0.05, 0.1) is 25.0 Å².